The fraction of sp³-hybridized carbons (Fsp3) is 0.455. The van der Waals surface area contributed by atoms with E-state index in [1.807, 2.05) is 35.2 Å². The van der Waals surface area contributed by atoms with Crippen LogP contribution in [0.1, 0.15) is 30.1 Å². The topological polar surface area (TPSA) is 39.7 Å². The number of hydrogen-bond donors (Lipinski definition) is 0. The van der Waals surface area contributed by atoms with Crippen molar-refractivity contribution in [3.05, 3.63) is 53.2 Å². The average Bonchev–Trinajstić information content (AvgIpc) is 2.74. The predicted molar refractivity (Wildman–Crippen MR) is 114 cm³/mol. The van der Waals surface area contributed by atoms with Crippen molar-refractivity contribution in [3.8, 4) is 0 Å². The number of carbonyl (C=O) groups excluding carboxylic acids is 1. The molecule has 0 spiro atoms. The molecule has 5 nitrogen and oxygen atoms in total. The number of rotatable bonds is 3. The van der Waals surface area contributed by atoms with Crippen LogP contribution in [0.15, 0.2) is 42.6 Å². The molecule has 1 aromatic heterocycles. The van der Waals surface area contributed by atoms with E-state index in [-0.39, 0.29) is 5.91 Å². The first-order chi connectivity index (χ1) is 13.6. The van der Waals surface area contributed by atoms with Crippen LogP contribution in [0.5, 0.6) is 0 Å². The Morgan fingerprint density at radius 1 is 1.00 bits per heavy atom. The lowest BCUT2D eigenvalue weighted by molar-refractivity contribution is 0.0697. The number of likely N-dealkylation sites (tertiary alicyclic amines) is 1. The lowest BCUT2D eigenvalue weighted by Crippen LogP contribution is -2.47. The molecule has 2 saturated heterocycles. The van der Waals surface area contributed by atoms with Crippen molar-refractivity contribution in [2.75, 3.05) is 49.1 Å². The molecule has 1 amide bonds. The summed E-state index contributed by atoms with van der Waals surface area (Å²) in [4.78, 5) is 24.0. The van der Waals surface area contributed by atoms with Crippen LogP contribution < -0.4 is 9.80 Å². The van der Waals surface area contributed by atoms with E-state index >= 15 is 0 Å². The Kier molecular flexibility index (Phi) is 5.72. The summed E-state index contributed by atoms with van der Waals surface area (Å²) >= 11 is 6.12. The van der Waals surface area contributed by atoms with Gasteiger partial charge < -0.3 is 14.7 Å². The maximum Gasteiger partial charge on any atom is 0.254 e. The number of amides is 1. The smallest absolute Gasteiger partial charge is 0.254 e. The van der Waals surface area contributed by atoms with Crippen LogP contribution in [0.25, 0.3) is 0 Å². The highest BCUT2D eigenvalue weighted by atomic mass is 35.5. The second-order valence-corrected chi connectivity index (χ2v) is 8.27. The molecule has 2 aromatic rings. The first-order valence-corrected chi connectivity index (χ1v) is 10.5. The molecule has 3 heterocycles. The van der Waals surface area contributed by atoms with Crippen LogP contribution in [0, 0.1) is 5.92 Å². The highest BCUT2D eigenvalue weighted by Crippen LogP contribution is 2.23. The van der Waals surface area contributed by atoms with E-state index < -0.39 is 0 Å². The number of benzene rings is 1. The Morgan fingerprint density at radius 2 is 1.71 bits per heavy atom. The van der Waals surface area contributed by atoms with Gasteiger partial charge in [0.25, 0.3) is 5.91 Å². The minimum Gasteiger partial charge on any atom is -0.368 e. The largest absolute Gasteiger partial charge is 0.368 e. The summed E-state index contributed by atoms with van der Waals surface area (Å²) in [7, 11) is 0. The lowest BCUT2D eigenvalue weighted by Gasteiger charge is -2.37. The highest BCUT2D eigenvalue weighted by molar-refractivity contribution is 6.30. The molecular weight excluding hydrogens is 372 g/mol. The number of hydrogen-bond acceptors (Lipinski definition) is 4. The van der Waals surface area contributed by atoms with Gasteiger partial charge in [0.1, 0.15) is 5.82 Å². The minimum atomic E-state index is 0.133. The van der Waals surface area contributed by atoms with Crippen molar-refractivity contribution in [2.45, 2.75) is 19.8 Å². The molecule has 0 bridgehead atoms. The number of pyridine rings is 1. The average molecular weight is 399 g/mol. The van der Waals surface area contributed by atoms with Gasteiger partial charge >= 0.3 is 0 Å². The molecule has 0 unspecified atom stereocenters. The fourth-order valence-corrected chi connectivity index (χ4v) is 4.17. The summed E-state index contributed by atoms with van der Waals surface area (Å²) in [5.74, 6) is 1.74. The van der Waals surface area contributed by atoms with Gasteiger partial charge in [0.15, 0.2) is 0 Å². The van der Waals surface area contributed by atoms with Crippen LogP contribution in [0.3, 0.4) is 0 Å². The molecule has 2 aliphatic rings. The summed E-state index contributed by atoms with van der Waals surface area (Å²) in [6, 6.07) is 11.8. The third-order valence-electron chi connectivity index (χ3n) is 5.84. The van der Waals surface area contributed by atoms with Crippen LogP contribution >= 0.6 is 11.6 Å². The van der Waals surface area contributed by atoms with Crippen LogP contribution in [-0.4, -0.2) is 55.1 Å². The minimum absolute atomic E-state index is 0.133. The van der Waals surface area contributed by atoms with Crippen molar-refractivity contribution in [1.29, 1.82) is 0 Å². The van der Waals surface area contributed by atoms with E-state index in [0.717, 1.165) is 74.2 Å². The molecule has 0 aliphatic carbocycles. The zero-order valence-electron chi connectivity index (χ0n) is 16.4. The summed E-state index contributed by atoms with van der Waals surface area (Å²) in [5.41, 5.74) is 1.90. The lowest BCUT2D eigenvalue weighted by atomic mass is 9.99. The zero-order chi connectivity index (χ0) is 19.5. The van der Waals surface area contributed by atoms with E-state index in [4.69, 9.17) is 11.6 Å². The molecule has 0 N–H and O–H groups in total. The second-order valence-electron chi connectivity index (χ2n) is 7.83. The van der Waals surface area contributed by atoms with Crippen molar-refractivity contribution in [3.63, 3.8) is 0 Å². The van der Waals surface area contributed by atoms with Gasteiger partial charge in [-0.1, -0.05) is 24.6 Å². The zero-order valence-corrected chi connectivity index (χ0v) is 17.1. The Bertz CT molecular complexity index is 827. The van der Waals surface area contributed by atoms with Crippen LogP contribution in [0.2, 0.25) is 5.02 Å². The molecule has 6 heteroatoms. The molecule has 2 aliphatic heterocycles. The third-order valence-corrected chi connectivity index (χ3v) is 6.08. The molecule has 1 aromatic carbocycles. The Morgan fingerprint density at radius 3 is 2.43 bits per heavy atom. The van der Waals surface area contributed by atoms with Crippen molar-refractivity contribution in [1.82, 2.24) is 9.88 Å². The van der Waals surface area contributed by atoms with Crippen LogP contribution in [0.4, 0.5) is 11.5 Å². The van der Waals surface area contributed by atoms with Gasteiger partial charge in [-0.15, -0.1) is 0 Å². The Labute approximate surface area is 171 Å². The van der Waals surface area contributed by atoms with Gasteiger partial charge in [0.05, 0.1) is 0 Å². The Balaban J connectivity index is 1.40. The number of aromatic nitrogens is 1. The molecule has 148 valence electrons. The van der Waals surface area contributed by atoms with Crippen LogP contribution in [-0.2, 0) is 0 Å². The number of halogens is 1. The van der Waals surface area contributed by atoms with Gasteiger partial charge in [0, 0.05) is 61.7 Å². The SMILES string of the molecule is CC1CCN(C(=O)c2ccnc(N3CCN(c4cccc(Cl)c4)CC3)c2)CC1. The third kappa shape index (κ3) is 4.25. The fourth-order valence-electron chi connectivity index (χ4n) is 3.99. The standard InChI is InChI=1S/C22H27ClN4O/c1-17-6-9-27(10-7-17)22(28)18-5-8-24-21(15-18)26-13-11-25(12-14-26)20-4-2-3-19(23)16-20/h2-5,8,15-17H,6-7,9-14H2,1H3. The van der Waals surface area contributed by atoms with Crippen molar-refractivity contribution in [2.24, 2.45) is 5.92 Å². The predicted octanol–water partition coefficient (Wildman–Crippen LogP) is 3.93. The molecule has 0 saturated carbocycles. The normalized spacial score (nSPS) is 18.4. The summed E-state index contributed by atoms with van der Waals surface area (Å²) in [5, 5.41) is 0.764. The summed E-state index contributed by atoms with van der Waals surface area (Å²) in [6.45, 7) is 7.53. The summed E-state index contributed by atoms with van der Waals surface area (Å²) in [6.07, 6.45) is 3.95. The van der Waals surface area contributed by atoms with Crippen molar-refractivity contribution < 1.29 is 4.79 Å². The summed E-state index contributed by atoms with van der Waals surface area (Å²) < 4.78 is 0. The number of anilines is 2. The van der Waals surface area contributed by atoms with Gasteiger partial charge in [0.2, 0.25) is 0 Å². The van der Waals surface area contributed by atoms with Crippen molar-refractivity contribution >= 4 is 29.0 Å². The number of piperazine rings is 1. The van der Waals surface area contributed by atoms with E-state index in [1.165, 1.54) is 0 Å². The molecule has 28 heavy (non-hydrogen) atoms. The van der Waals surface area contributed by atoms with E-state index in [2.05, 4.69) is 27.8 Å². The first-order valence-electron chi connectivity index (χ1n) is 10.1. The van der Waals surface area contributed by atoms with E-state index in [1.54, 1.807) is 6.20 Å². The molecular formula is C22H27ClN4O. The van der Waals surface area contributed by atoms with Gasteiger partial charge in [-0.05, 0) is 49.1 Å². The highest BCUT2D eigenvalue weighted by Gasteiger charge is 2.23. The van der Waals surface area contributed by atoms with Gasteiger partial charge in [-0.25, -0.2) is 4.98 Å². The molecule has 0 atom stereocenters. The van der Waals surface area contributed by atoms with Gasteiger partial charge in [-0.3, -0.25) is 4.79 Å². The number of nitrogens with zero attached hydrogens (tertiary/aromatic N) is 4. The maximum atomic E-state index is 12.9. The van der Waals surface area contributed by atoms with Gasteiger partial charge in [-0.2, -0.15) is 0 Å². The Hall–Kier alpha value is -2.27. The first kappa shape index (κ1) is 19.1. The monoisotopic (exact) mass is 398 g/mol. The number of carbonyl (C=O) groups is 1. The molecule has 4 rings (SSSR count). The second kappa shape index (κ2) is 8.39. The maximum absolute atomic E-state index is 12.9. The molecule has 2 fully saturated rings. The number of piperidine rings is 1. The quantitative estimate of drug-likeness (QED) is 0.785. The van der Waals surface area contributed by atoms with E-state index in [0.29, 0.717) is 5.92 Å². The van der Waals surface area contributed by atoms with E-state index in [9.17, 15) is 4.79 Å². The molecule has 0 radical (unpaired) electrons.